The third kappa shape index (κ3) is 5.34. The molecule has 0 unspecified atom stereocenters. The number of benzene rings is 2. The van der Waals surface area contributed by atoms with Crippen LogP contribution < -0.4 is 15.8 Å². The topological polar surface area (TPSA) is 142 Å². The Labute approximate surface area is 158 Å². The molecule has 2 amide bonds. The molecule has 9 nitrogen and oxygen atoms in total. The van der Waals surface area contributed by atoms with Gasteiger partial charge in [-0.2, -0.15) is 4.39 Å². The first kappa shape index (κ1) is 20.5. The van der Waals surface area contributed by atoms with E-state index in [1.165, 1.54) is 37.3 Å². The van der Waals surface area contributed by atoms with Crippen LogP contribution in [0.15, 0.2) is 42.5 Å². The van der Waals surface area contributed by atoms with Gasteiger partial charge in [0, 0.05) is 25.0 Å². The van der Waals surface area contributed by atoms with E-state index in [0.717, 1.165) is 12.1 Å². The molecule has 0 fully saturated rings. The van der Waals surface area contributed by atoms with E-state index >= 15 is 0 Å². The third-order valence-electron chi connectivity index (χ3n) is 3.65. The molecule has 28 heavy (non-hydrogen) atoms. The van der Waals surface area contributed by atoms with Crippen molar-refractivity contribution in [2.45, 2.75) is 19.4 Å². The van der Waals surface area contributed by atoms with Crippen LogP contribution in [0.3, 0.4) is 0 Å². The lowest BCUT2D eigenvalue weighted by molar-refractivity contribution is -0.387. The minimum absolute atomic E-state index is 0.107. The second-order valence-electron chi connectivity index (χ2n) is 5.80. The van der Waals surface area contributed by atoms with Crippen molar-refractivity contribution < 1.29 is 28.4 Å². The van der Waals surface area contributed by atoms with E-state index in [2.05, 4.69) is 5.32 Å². The molecule has 146 valence electrons. The SMILES string of the molecule is CC(=O)Oc1cccc(C(=O)N[C@H](Cc2ccc(F)c([N+](=O)[O-])c2)C(N)=O)c1. The monoisotopic (exact) mass is 389 g/mol. The Morgan fingerprint density at radius 2 is 1.96 bits per heavy atom. The zero-order valence-electron chi connectivity index (χ0n) is 14.7. The molecule has 2 aromatic rings. The number of hydrogen-bond acceptors (Lipinski definition) is 6. The number of rotatable bonds is 7. The Bertz CT molecular complexity index is 947. The zero-order valence-corrected chi connectivity index (χ0v) is 14.7. The first-order chi connectivity index (χ1) is 13.2. The van der Waals surface area contributed by atoms with Crippen molar-refractivity contribution in [3.63, 3.8) is 0 Å². The standard InChI is InChI=1S/C18H16FN3O6/c1-10(23)28-13-4-2-3-12(9-13)18(25)21-15(17(20)24)7-11-5-6-14(19)16(8-11)22(26)27/h2-6,8-9,15H,7H2,1H3,(H2,20,24)(H,21,25)/t15-/m1/s1. The number of nitro benzene ring substituents is 1. The van der Waals surface area contributed by atoms with Gasteiger partial charge in [-0.25, -0.2) is 0 Å². The van der Waals surface area contributed by atoms with E-state index < -0.39 is 40.3 Å². The number of esters is 1. The fraction of sp³-hybridized carbons (Fsp3) is 0.167. The second-order valence-corrected chi connectivity index (χ2v) is 5.80. The maximum Gasteiger partial charge on any atom is 0.308 e. The number of ether oxygens (including phenoxy) is 1. The maximum atomic E-state index is 13.4. The van der Waals surface area contributed by atoms with Crippen LogP contribution in [-0.4, -0.2) is 28.7 Å². The largest absolute Gasteiger partial charge is 0.427 e. The Balaban J connectivity index is 2.18. The van der Waals surface area contributed by atoms with Gasteiger partial charge < -0.3 is 15.8 Å². The van der Waals surface area contributed by atoms with Crippen LogP contribution in [0.2, 0.25) is 0 Å². The Hall–Kier alpha value is -3.82. The molecule has 0 aliphatic rings. The molecule has 0 saturated carbocycles. The summed E-state index contributed by atoms with van der Waals surface area (Å²) in [5, 5.41) is 13.2. The quantitative estimate of drug-likeness (QED) is 0.318. The third-order valence-corrected chi connectivity index (χ3v) is 3.65. The van der Waals surface area contributed by atoms with Crippen LogP contribution in [0.1, 0.15) is 22.8 Å². The number of hydrogen-bond donors (Lipinski definition) is 2. The molecule has 0 radical (unpaired) electrons. The van der Waals surface area contributed by atoms with E-state index in [0.29, 0.717) is 0 Å². The van der Waals surface area contributed by atoms with Gasteiger partial charge in [-0.1, -0.05) is 12.1 Å². The molecule has 0 aliphatic carbocycles. The molecular formula is C18H16FN3O6. The number of nitrogens with one attached hydrogen (secondary N) is 1. The zero-order chi connectivity index (χ0) is 20.8. The highest BCUT2D eigenvalue weighted by Gasteiger charge is 2.22. The highest BCUT2D eigenvalue weighted by atomic mass is 19.1. The van der Waals surface area contributed by atoms with Crippen molar-refractivity contribution in [1.29, 1.82) is 0 Å². The van der Waals surface area contributed by atoms with Crippen molar-refractivity contribution in [3.8, 4) is 5.75 Å². The van der Waals surface area contributed by atoms with Crippen LogP contribution >= 0.6 is 0 Å². The van der Waals surface area contributed by atoms with Gasteiger partial charge in [-0.3, -0.25) is 24.5 Å². The summed E-state index contributed by atoms with van der Waals surface area (Å²) in [7, 11) is 0. The number of primary amides is 1. The fourth-order valence-corrected chi connectivity index (χ4v) is 2.39. The van der Waals surface area contributed by atoms with Crippen molar-refractivity contribution in [3.05, 3.63) is 69.5 Å². The number of nitrogens with two attached hydrogens (primary N) is 1. The molecule has 3 N–H and O–H groups in total. The van der Waals surface area contributed by atoms with E-state index in [9.17, 15) is 28.9 Å². The molecule has 2 rings (SSSR count). The van der Waals surface area contributed by atoms with Gasteiger partial charge in [-0.05, 0) is 29.8 Å². The summed E-state index contributed by atoms with van der Waals surface area (Å²) < 4.78 is 18.3. The van der Waals surface area contributed by atoms with Crippen molar-refractivity contribution in [2.75, 3.05) is 0 Å². The number of amides is 2. The summed E-state index contributed by atoms with van der Waals surface area (Å²) in [6.07, 6.45) is -0.175. The Kier molecular flexibility index (Phi) is 6.38. The number of carbonyl (C=O) groups excluding carboxylic acids is 3. The van der Waals surface area contributed by atoms with Gasteiger partial charge in [0.1, 0.15) is 11.8 Å². The maximum absolute atomic E-state index is 13.4. The molecule has 0 bridgehead atoms. The number of nitrogens with zero attached hydrogens (tertiary/aromatic N) is 1. The van der Waals surface area contributed by atoms with Crippen LogP contribution in [0, 0.1) is 15.9 Å². The van der Waals surface area contributed by atoms with E-state index in [-0.39, 0.29) is 23.3 Å². The minimum atomic E-state index is -1.20. The summed E-state index contributed by atoms with van der Waals surface area (Å²) in [5.41, 5.74) is 4.90. The molecule has 0 heterocycles. The highest BCUT2D eigenvalue weighted by Crippen LogP contribution is 2.20. The first-order valence-electron chi connectivity index (χ1n) is 7.99. The van der Waals surface area contributed by atoms with E-state index in [4.69, 9.17) is 10.5 Å². The number of carbonyl (C=O) groups is 3. The van der Waals surface area contributed by atoms with Crippen molar-refractivity contribution in [2.24, 2.45) is 5.73 Å². The van der Waals surface area contributed by atoms with Gasteiger partial charge in [0.2, 0.25) is 11.7 Å². The van der Waals surface area contributed by atoms with Gasteiger partial charge >= 0.3 is 11.7 Å². The van der Waals surface area contributed by atoms with Gasteiger partial charge in [0.15, 0.2) is 0 Å². The van der Waals surface area contributed by atoms with Gasteiger partial charge in [0.25, 0.3) is 5.91 Å². The number of halogens is 1. The van der Waals surface area contributed by atoms with Gasteiger partial charge in [0.05, 0.1) is 4.92 Å². The van der Waals surface area contributed by atoms with Crippen LogP contribution in [-0.2, 0) is 16.0 Å². The first-order valence-corrected chi connectivity index (χ1v) is 7.99. The summed E-state index contributed by atoms with van der Waals surface area (Å²) in [5.74, 6) is -2.99. The second kappa shape index (κ2) is 8.71. The van der Waals surface area contributed by atoms with E-state index in [1.807, 2.05) is 0 Å². The summed E-state index contributed by atoms with van der Waals surface area (Å²) in [4.78, 5) is 45.0. The summed E-state index contributed by atoms with van der Waals surface area (Å²) in [6, 6.07) is 7.62. The van der Waals surface area contributed by atoms with Crippen molar-refractivity contribution >= 4 is 23.5 Å². The smallest absolute Gasteiger partial charge is 0.308 e. The average molecular weight is 389 g/mol. The van der Waals surface area contributed by atoms with Crippen molar-refractivity contribution in [1.82, 2.24) is 5.32 Å². The molecule has 10 heteroatoms. The Morgan fingerprint density at radius 3 is 2.57 bits per heavy atom. The van der Waals surface area contributed by atoms with E-state index in [1.54, 1.807) is 0 Å². The van der Waals surface area contributed by atoms with Crippen LogP contribution in [0.5, 0.6) is 5.75 Å². The summed E-state index contributed by atoms with van der Waals surface area (Å²) in [6.45, 7) is 1.21. The Morgan fingerprint density at radius 1 is 1.25 bits per heavy atom. The molecule has 0 spiro atoms. The predicted octanol–water partition coefficient (Wildman–Crippen LogP) is 1.49. The molecule has 0 aromatic heterocycles. The molecule has 0 saturated heterocycles. The lowest BCUT2D eigenvalue weighted by Gasteiger charge is -2.16. The highest BCUT2D eigenvalue weighted by molar-refractivity contribution is 5.97. The molecule has 2 aromatic carbocycles. The lowest BCUT2D eigenvalue weighted by atomic mass is 10.0. The van der Waals surface area contributed by atoms with Gasteiger partial charge in [-0.15, -0.1) is 0 Å². The van der Waals surface area contributed by atoms with Crippen LogP contribution in [0.4, 0.5) is 10.1 Å². The lowest BCUT2D eigenvalue weighted by Crippen LogP contribution is -2.45. The molecule has 0 aliphatic heterocycles. The number of nitro groups is 1. The summed E-state index contributed by atoms with van der Waals surface area (Å²) >= 11 is 0. The average Bonchev–Trinajstić information content (AvgIpc) is 2.61. The minimum Gasteiger partial charge on any atom is -0.427 e. The fourth-order valence-electron chi connectivity index (χ4n) is 2.39. The molecular weight excluding hydrogens is 373 g/mol. The molecule has 1 atom stereocenters. The predicted molar refractivity (Wildman–Crippen MR) is 95.0 cm³/mol. The van der Waals surface area contributed by atoms with Crippen LogP contribution in [0.25, 0.3) is 0 Å². The normalized spacial score (nSPS) is 11.4.